The number of ether oxygens (including phenoxy) is 1. The van der Waals surface area contributed by atoms with E-state index < -0.39 is 22.4 Å². The van der Waals surface area contributed by atoms with E-state index in [-0.39, 0.29) is 28.2 Å². The molecule has 7 nitrogen and oxygen atoms in total. The molecule has 28 heavy (non-hydrogen) atoms. The number of carbonyl (C=O) groups excluding carboxylic acids is 2. The van der Waals surface area contributed by atoms with E-state index in [4.69, 9.17) is 9.15 Å². The quantitative estimate of drug-likeness (QED) is 0.444. The number of furan rings is 1. The van der Waals surface area contributed by atoms with E-state index in [0.717, 1.165) is 24.0 Å². The molecule has 4 rings (SSSR count). The fourth-order valence-corrected chi connectivity index (χ4v) is 4.62. The molecular formula is C21H21NO6. The number of fused-ring (bicyclic) bond motifs is 5. The van der Waals surface area contributed by atoms with Crippen molar-refractivity contribution in [3.63, 3.8) is 0 Å². The van der Waals surface area contributed by atoms with Crippen LogP contribution in [0.5, 0.6) is 0 Å². The molecular weight excluding hydrogens is 362 g/mol. The van der Waals surface area contributed by atoms with Gasteiger partial charge in [0.1, 0.15) is 4.92 Å². The van der Waals surface area contributed by atoms with Crippen molar-refractivity contribution in [1.82, 2.24) is 0 Å². The summed E-state index contributed by atoms with van der Waals surface area (Å²) in [5.74, 6) is -1.77. The van der Waals surface area contributed by atoms with Crippen molar-refractivity contribution in [2.24, 2.45) is 0 Å². The van der Waals surface area contributed by atoms with Gasteiger partial charge in [-0.1, -0.05) is 26.0 Å². The Balaban J connectivity index is 2.06. The zero-order valence-corrected chi connectivity index (χ0v) is 16.3. The Bertz CT molecular complexity index is 1050. The molecule has 0 spiro atoms. The lowest BCUT2D eigenvalue weighted by Crippen LogP contribution is -2.32. The van der Waals surface area contributed by atoms with Crippen LogP contribution in [0.25, 0.3) is 11.3 Å². The smallest absolute Gasteiger partial charge is 0.400 e. The maximum atomic E-state index is 13.1. The van der Waals surface area contributed by atoms with Gasteiger partial charge in [-0.25, -0.2) is 0 Å². The topological polar surface area (TPSA) is 99.7 Å². The van der Waals surface area contributed by atoms with Gasteiger partial charge in [-0.2, -0.15) is 0 Å². The predicted molar refractivity (Wildman–Crippen MR) is 101 cm³/mol. The lowest BCUT2D eigenvalue weighted by Gasteiger charge is -2.39. The Hall–Kier alpha value is -2.80. The highest BCUT2D eigenvalue weighted by Gasteiger charge is 2.44. The summed E-state index contributed by atoms with van der Waals surface area (Å²) in [6.45, 7) is 6.10. The van der Waals surface area contributed by atoms with E-state index in [1.165, 1.54) is 6.92 Å². The van der Waals surface area contributed by atoms with E-state index in [1.807, 2.05) is 6.07 Å². The van der Waals surface area contributed by atoms with E-state index in [9.17, 15) is 19.7 Å². The molecule has 0 aliphatic heterocycles. The Kier molecular flexibility index (Phi) is 4.04. The number of carbonyl (C=O) groups is 2. The van der Waals surface area contributed by atoms with Crippen LogP contribution in [0.3, 0.4) is 0 Å². The van der Waals surface area contributed by atoms with Crippen LogP contribution in [0.4, 0.5) is 5.88 Å². The van der Waals surface area contributed by atoms with Crippen molar-refractivity contribution < 1.29 is 23.7 Å². The number of hydrogen-bond acceptors (Lipinski definition) is 6. The maximum Gasteiger partial charge on any atom is 0.437 e. The van der Waals surface area contributed by atoms with Crippen molar-refractivity contribution in [1.29, 1.82) is 0 Å². The third kappa shape index (κ3) is 2.39. The highest BCUT2D eigenvalue weighted by molar-refractivity contribution is 6.53. The van der Waals surface area contributed by atoms with Crippen LogP contribution in [0.1, 0.15) is 70.0 Å². The fourth-order valence-electron chi connectivity index (χ4n) is 4.62. The molecule has 0 saturated heterocycles. The number of methoxy groups -OCH3 is 1. The highest BCUT2D eigenvalue weighted by Crippen LogP contribution is 2.49. The minimum absolute atomic E-state index is 0.00233. The average Bonchev–Trinajstić information content (AvgIpc) is 2.99. The number of rotatable bonds is 3. The average molecular weight is 383 g/mol. The molecule has 1 heterocycles. The summed E-state index contributed by atoms with van der Waals surface area (Å²) in [7, 11) is 1.61. The van der Waals surface area contributed by atoms with Crippen LogP contribution < -0.4 is 0 Å². The van der Waals surface area contributed by atoms with Crippen LogP contribution in [-0.2, 0) is 10.2 Å². The van der Waals surface area contributed by atoms with Gasteiger partial charge in [0.15, 0.2) is 5.76 Å². The Morgan fingerprint density at radius 1 is 1.25 bits per heavy atom. The van der Waals surface area contributed by atoms with Gasteiger partial charge in [0, 0.05) is 24.2 Å². The van der Waals surface area contributed by atoms with E-state index in [0.29, 0.717) is 17.7 Å². The SMILES string of the molecule is COCC1CCC(C)(C)c2ccc3c(c21)C(=O)C(=O)c1c-3oc([N+](=O)[O-])c1C. The minimum Gasteiger partial charge on any atom is -0.400 e. The van der Waals surface area contributed by atoms with Crippen LogP contribution in [0.2, 0.25) is 0 Å². The molecule has 0 fully saturated rings. The van der Waals surface area contributed by atoms with Crippen LogP contribution in [-0.4, -0.2) is 30.2 Å². The number of hydrogen-bond donors (Lipinski definition) is 0. The third-order valence-electron chi connectivity index (χ3n) is 6.06. The van der Waals surface area contributed by atoms with Gasteiger partial charge in [-0.05, 0) is 36.3 Å². The summed E-state index contributed by atoms with van der Waals surface area (Å²) in [6, 6.07) is 3.70. The fraction of sp³-hybridized carbons (Fsp3) is 0.429. The van der Waals surface area contributed by atoms with Crippen molar-refractivity contribution >= 4 is 17.5 Å². The lowest BCUT2D eigenvalue weighted by atomic mass is 9.65. The summed E-state index contributed by atoms with van der Waals surface area (Å²) < 4.78 is 10.9. The number of ketones is 2. The number of Topliss-reactive ketones (excluding diaryl/α,β-unsaturated/α-hetero) is 2. The first-order valence-corrected chi connectivity index (χ1v) is 9.22. The molecule has 2 aliphatic rings. The second kappa shape index (κ2) is 6.10. The number of benzene rings is 1. The van der Waals surface area contributed by atoms with Crippen molar-refractivity contribution in [2.45, 2.75) is 44.9 Å². The zero-order valence-electron chi connectivity index (χ0n) is 16.3. The molecule has 0 radical (unpaired) electrons. The van der Waals surface area contributed by atoms with Gasteiger partial charge in [0.25, 0.3) is 0 Å². The molecule has 0 N–H and O–H groups in total. The van der Waals surface area contributed by atoms with Crippen molar-refractivity contribution in [3.05, 3.63) is 50.1 Å². The van der Waals surface area contributed by atoms with Crippen molar-refractivity contribution in [3.8, 4) is 11.3 Å². The highest BCUT2D eigenvalue weighted by atomic mass is 16.6. The molecule has 0 saturated carbocycles. The van der Waals surface area contributed by atoms with Crippen LogP contribution >= 0.6 is 0 Å². The molecule has 1 unspecified atom stereocenters. The normalized spacial score (nSPS) is 19.8. The maximum absolute atomic E-state index is 13.1. The second-order valence-electron chi connectivity index (χ2n) is 8.18. The first-order chi connectivity index (χ1) is 13.2. The number of nitrogens with zero attached hydrogens (tertiary/aromatic N) is 1. The monoisotopic (exact) mass is 383 g/mol. The summed E-state index contributed by atoms with van der Waals surface area (Å²) in [6.07, 6.45) is 1.77. The summed E-state index contributed by atoms with van der Waals surface area (Å²) in [5.41, 5.74) is 2.54. The van der Waals surface area contributed by atoms with Gasteiger partial charge in [-0.3, -0.25) is 19.7 Å². The molecule has 146 valence electrons. The van der Waals surface area contributed by atoms with Gasteiger partial charge >= 0.3 is 5.88 Å². The van der Waals surface area contributed by atoms with Crippen molar-refractivity contribution in [2.75, 3.05) is 13.7 Å². The minimum atomic E-state index is -0.746. The molecule has 7 heteroatoms. The van der Waals surface area contributed by atoms with Crippen LogP contribution in [0, 0.1) is 17.0 Å². The van der Waals surface area contributed by atoms with Gasteiger partial charge in [-0.15, -0.1) is 0 Å². The number of nitro groups is 1. The third-order valence-corrected chi connectivity index (χ3v) is 6.06. The van der Waals surface area contributed by atoms with Gasteiger partial charge in [0.2, 0.25) is 11.6 Å². The molecule has 2 aliphatic carbocycles. The molecule has 2 aromatic rings. The van der Waals surface area contributed by atoms with Crippen LogP contribution in [0.15, 0.2) is 16.5 Å². The molecule has 1 aromatic heterocycles. The largest absolute Gasteiger partial charge is 0.437 e. The van der Waals surface area contributed by atoms with Gasteiger partial charge in [0.05, 0.1) is 17.7 Å². The summed E-state index contributed by atoms with van der Waals surface area (Å²) >= 11 is 0. The molecule has 1 aromatic carbocycles. The molecule has 0 amide bonds. The van der Waals surface area contributed by atoms with E-state index in [1.54, 1.807) is 13.2 Å². The summed E-state index contributed by atoms with van der Waals surface area (Å²) in [4.78, 5) is 36.7. The summed E-state index contributed by atoms with van der Waals surface area (Å²) in [5, 5.41) is 11.3. The van der Waals surface area contributed by atoms with E-state index >= 15 is 0 Å². The molecule has 0 bridgehead atoms. The lowest BCUT2D eigenvalue weighted by molar-refractivity contribution is -0.402. The second-order valence-corrected chi connectivity index (χ2v) is 8.18. The molecule has 1 atom stereocenters. The standard InChI is InChI=1S/C21H21NO6/c1-10-14-17(23)18(24)16-12(19(14)28-20(10)22(25)26)5-6-13-15(16)11(9-27-4)7-8-21(13,2)3/h5-6,11H,7-9H2,1-4H3. The first-order valence-electron chi connectivity index (χ1n) is 9.22. The Labute approximate surface area is 161 Å². The van der Waals surface area contributed by atoms with E-state index in [2.05, 4.69) is 13.8 Å². The first kappa shape index (κ1) is 18.6. The Morgan fingerprint density at radius 2 is 1.93 bits per heavy atom. The van der Waals surface area contributed by atoms with Gasteiger partial charge < -0.3 is 9.15 Å². The zero-order chi connectivity index (χ0) is 20.4. The predicted octanol–water partition coefficient (Wildman–Crippen LogP) is 4.34. The Morgan fingerprint density at radius 3 is 2.57 bits per heavy atom.